The summed E-state index contributed by atoms with van der Waals surface area (Å²) in [4.78, 5) is 11.5. The summed E-state index contributed by atoms with van der Waals surface area (Å²) >= 11 is 0. The van der Waals surface area contributed by atoms with E-state index in [-0.39, 0.29) is 12.5 Å². The van der Waals surface area contributed by atoms with Crippen LogP contribution in [0.4, 0.5) is 0 Å². The Morgan fingerprint density at radius 1 is 1.59 bits per heavy atom. The summed E-state index contributed by atoms with van der Waals surface area (Å²) in [5.41, 5.74) is 0.819. The lowest BCUT2D eigenvalue weighted by molar-refractivity contribution is -0.121. The van der Waals surface area contributed by atoms with Crippen LogP contribution in [0, 0.1) is 0 Å². The monoisotopic (exact) mass is 241 g/mol. The van der Waals surface area contributed by atoms with E-state index in [1.807, 2.05) is 7.05 Å². The number of carbonyl (C=O) groups is 1. The molecule has 0 unspecified atom stereocenters. The summed E-state index contributed by atoms with van der Waals surface area (Å²) in [6, 6.07) is 0. The molecule has 17 heavy (non-hydrogen) atoms. The molecule has 0 fully saturated rings. The van der Waals surface area contributed by atoms with Crippen LogP contribution in [0.5, 0.6) is 0 Å². The quantitative estimate of drug-likeness (QED) is 0.579. The first-order valence-corrected chi connectivity index (χ1v) is 5.55. The maximum absolute atomic E-state index is 11.5. The molecule has 1 heterocycles. The molecule has 1 amide bonds. The average molecular weight is 241 g/mol. The number of hydrogen-bond donors (Lipinski definition) is 2. The maximum Gasteiger partial charge on any atom is 0.241 e. The molecular weight excluding hydrogens is 222 g/mol. The Kier molecular flexibility index (Phi) is 6.19. The predicted octanol–water partition coefficient (Wildman–Crippen LogP) is -0.850. The molecule has 0 bridgehead atoms. The van der Waals surface area contributed by atoms with Gasteiger partial charge in [-0.05, 0) is 13.5 Å². The highest BCUT2D eigenvalue weighted by molar-refractivity contribution is 5.75. The average Bonchev–Trinajstić information content (AvgIpc) is 2.73. The smallest absolute Gasteiger partial charge is 0.241 e. The second-order valence-corrected chi connectivity index (χ2v) is 3.63. The molecule has 0 saturated carbocycles. The van der Waals surface area contributed by atoms with Crippen molar-refractivity contribution in [3.63, 3.8) is 0 Å². The second-order valence-electron chi connectivity index (χ2n) is 3.63. The Balaban J connectivity index is 2.24. The minimum Gasteiger partial charge on any atom is -0.385 e. The van der Waals surface area contributed by atoms with Crippen molar-refractivity contribution >= 4 is 5.91 Å². The van der Waals surface area contributed by atoms with Crippen LogP contribution in [0.3, 0.4) is 0 Å². The first kappa shape index (κ1) is 13.6. The molecule has 2 N–H and O–H groups in total. The van der Waals surface area contributed by atoms with Crippen molar-refractivity contribution in [2.75, 3.05) is 27.3 Å². The Labute approximate surface area is 101 Å². The first-order valence-electron chi connectivity index (χ1n) is 5.55. The predicted molar refractivity (Wildman–Crippen MR) is 62.3 cm³/mol. The SMILES string of the molecule is CNCc1cn(CC(=O)NCCCOC)nn1. The van der Waals surface area contributed by atoms with Gasteiger partial charge >= 0.3 is 0 Å². The van der Waals surface area contributed by atoms with Gasteiger partial charge in [-0.15, -0.1) is 5.10 Å². The lowest BCUT2D eigenvalue weighted by Gasteiger charge is -2.04. The molecule has 0 aliphatic heterocycles. The second kappa shape index (κ2) is 7.75. The summed E-state index contributed by atoms with van der Waals surface area (Å²) < 4.78 is 6.41. The molecule has 0 atom stereocenters. The van der Waals surface area contributed by atoms with Gasteiger partial charge in [0.1, 0.15) is 6.54 Å². The number of hydrogen-bond acceptors (Lipinski definition) is 5. The van der Waals surface area contributed by atoms with Crippen LogP contribution >= 0.6 is 0 Å². The van der Waals surface area contributed by atoms with E-state index in [0.717, 1.165) is 12.1 Å². The zero-order chi connectivity index (χ0) is 12.5. The molecule has 1 rings (SSSR count). The Hall–Kier alpha value is -1.47. The molecule has 0 aliphatic carbocycles. The van der Waals surface area contributed by atoms with E-state index in [1.54, 1.807) is 13.3 Å². The van der Waals surface area contributed by atoms with E-state index >= 15 is 0 Å². The van der Waals surface area contributed by atoms with Crippen LogP contribution in [0.15, 0.2) is 6.20 Å². The van der Waals surface area contributed by atoms with Crippen LogP contribution in [0.25, 0.3) is 0 Å². The van der Waals surface area contributed by atoms with Crippen LogP contribution in [-0.4, -0.2) is 48.2 Å². The largest absolute Gasteiger partial charge is 0.385 e. The Bertz CT molecular complexity index is 339. The highest BCUT2D eigenvalue weighted by atomic mass is 16.5. The number of nitrogens with one attached hydrogen (secondary N) is 2. The number of methoxy groups -OCH3 is 1. The van der Waals surface area contributed by atoms with E-state index in [1.165, 1.54) is 4.68 Å². The van der Waals surface area contributed by atoms with Gasteiger partial charge in [-0.2, -0.15) is 0 Å². The first-order chi connectivity index (χ1) is 8.26. The third-order valence-electron chi connectivity index (χ3n) is 2.10. The van der Waals surface area contributed by atoms with E-state index in [0.29, 0.717) is 19.7 Å². The van der Waals surface area contributed by atoms with Gasteiger partial charge in [0.25, 0.3) is 0 Å². The van der Waals surface area contributed by atoms with Crippen LogP contribution < -0.4 is 10.6 Å². The third kappa shape index (κ3) is 5.41. The van der Waals surface area contributed by atoms with Gasteiger partial charge in [-0.3, -0.25) is 4.79 Å². The minimum atomic E-state index is -0.0676. The van der Waals surface area contributed by atoms with Gasteiger partial charge in [0, 0.05) is 26.8 Å². The zero-order valence-electron chi connectivity index (χ0n) is 10.3. The molecule has 96 valence electrons. The number of nitrogens with zero attached hydrogens (tertiary/aromatic N) is 3. The van der Waals surface area contributed by atoms with E-state index < -0.39 is 0 Å². The van der Waals surface area contributed by atoms with Gasteiger partial charge in [0.05, 0.1) is 11.9 Å². The lowest BCUT2D eigenvalue weighted by Crippen LogP contribution is -2.29. The fourth-order valence-corrected chi connectivity index (χ4v) is 1.33. The molecule has 1 aromatic rings. The fraction of sp³-hybridized carbons (Fsp3) is 0.700. The summed E-state index contributed by atoms with van der Waals surface area (Å²) in [6.07, 6.45) is 2.57. The van der Waals surface area contributed by atoms with Crippen molar-refractivity contribution < 1.29 is 9.53 Å². The van der Waals surface area contributed by atoms with Crippen molar-refractivity contribution in [3.8, 4) is 0 Å². The summed E-state index contributed by atoms with van der Waals surface area (Å²) in [7, 11) is 3.47. The molecule has 0 aromatic carbocycles. The van der Waals surface area contributed by atoms with Crippen LogP contribution in [0.1, 0.15) is 12.1 Å². The minimum absolute atomic E-state index is 0.0676. The lowest BCUT2D eigenvalue weighted by atomic mass is 10.4. The van der Waals surface area contributed by atoms with Gasteiger partial charge in [-0.1, -0.05) is 5.21 Å². The highest BCUT2D eigenvalue weighted by Gasteiger charge is 2.04. The Morgan fingerprint density at radius 2 is 2.41 bits per heavy atom. The van der Waals surface area contributed by atoms with Crippen molar-refractivity contribution in [2.24, 2.45) is 0 Å². The molecule has 1 aromatic heterocycles. The molecule has 7 heteroatoms. The van der Waals surface area contributed by atoms with Crippen molar-refractivity contribution in [1.82, 2.24) is 25.6 Å². The highest BCUT2D eigenvalue weighted by Crippen LogP contribution is 1.91. The van der Waals surface area contributed by atoms with Crippen molar-refractivity contribution in [3.05, 3.63) is 11.9 Å². The summed E-state index contributed by atoms with van der Waals surface area (Å²) in [5, 5.41) is 13.5. The summed E-state index contributed by atoms with van der Waals surface area (Å²) in [6.45, 7) is 2.11. The number of amides is 1. The normalized spacial score (nSPS) is 10.5. The standard InChI is InChI=1S/C10H19N5O2/c1-11-6-9-7-15(14-13-9)8-10(16)12-4-3-5-17-2/h7,11H,3-6,8H2,1-2H3,(H,12,16). The number of aromatic nitrogens is 3. The van der Waals surface area contributed by atoms with Gasteiger partial charge < -0.3 is 15.4 Å². The number of carbonyl (C=O) groups excluding carboxylic acids is 1. The number of rotatable bonds is 8. The molecule has 7 nitrogen and oxygen atoms in total. The van der Waals surface area contributed by atoms with Gasteiger partial charge in [0.2, 0.25) is 5.91 Å². The zero-order valence-corrected chi connectivity index (χ0v) is 10.3. The molecule has 0 radical (unpaired) electrons. The van der Waals surface area contributed by atoms with E-state index in [4.69, 9.17) is 4.74 Å². The third-order valence-corrected chi connectivity index (χ3v) is 2.10. The van der Waals surface area contributed by atoms with E-state index in [9.17, 15) is 4.79 Å². The van der Waals surface area contributed by atoms with Crippen molar-refractivity contribution in [2.45, 2.75) is 19.5 Å². The van der Waals surface area contributed by atoms with Crippen LogP contribution in [0.2, 0.25) is 0 Å². The topological polar surface area (TPSA) is 81.1 Å². The van der Waals surface area contributed by atoms with Gasteiger partial charge in [-0.25, -0.2) is 4.68 Å². The summed E-state index contributed by atoms with van der Waals surface area (Å²) in [5.74, 6) is -0.0676. The van der Waals surface area contributed by atoms with E-state index in [2.05, 4.69) is 20.9 Å². The van der Waals surface area contributed by atoms with Crippen LogP contribution in [-0.2, 0) is 22.6 Å². The molecule has 0 aliphatic rings. The van der Waals surface area contributed by atoms with Gasteiger partial charge in [0.15, 0.2) is 0 Å². The molecule has 0 spiro atoms. The molecule has 0 saturated heterocycles. The fourth-order valence-electron chi connectivity index (χ4n) is 1.33. The van der Waals surface area contributed by atoms with Crippen molar-refractivity contribution in [1.29, 1.82) is 0 Å². The Morgan fingerprint density at radius 3 is 3.12 bits per heavy atom. The number of ether oxygens (including phenoxy) is 1. The maximum atomic E-state index is 11.5. The molecular formula is C10H19N5O2.